The van der Waals surface area contributed by atoms with Crippen LogP contribution in [0.2, 0.25) is 0 Å². The molecular weight excluding hydrogens is 302 g/mol. The lowest BCUT2D eigenvalue weighted by Crippen LogP contribution is -2.15. The Morgan fingerprint density at radius 3 is 2.42 bits per heavy atom. The van der Waals surface area contributed by atoms with Gasteiger partial charge in [-0.1, -0.05) is 42.5 Å². The molecule has 0 saturated heterocycles. The van der Waals surface area contributed by atoms with Crippen molar-refractivity contribution in [2.24, 2.45) is 0 Å². The molecule has 0 aliphatic heterocycles. The Morgan fingerprint density at radius 1 is 0.958 bits per heavy atom. The van der Waals surface area contributed by atoms with Crippen LogP contribution in [0.4, 0.5) is 5.69 Å². The fourth-order valence-corrected chi connectivity index (χ4v) is 2.41. The number of anilines is 1. The van der Waals surface area contributed by atoms with Crippen LogP contribution in [0, 0.1) is 6.92 Å². The lowest BCUT2D eigenvalue weighted by atomic mass is 9.99. The van der Waals surface area contributed by atoms with E-state index in [0.29, 0.717) is 12.0 Å². The molecule has 0 aliphatic carbocycles. The Balaban J connectivity index is 1.87. The summed E-state index contributed by atoms with van der Waals surface area (Å²) in [6.45, 7) is 1.96. The molecule has 1 aromatic heterocycles. The molecule has 0 saturated carbocycles. The summed E-state index contributed by atoms with van der Waals surface area (Å²) in [5, 5.41) is 10.3. The molecule has 0 bridgehead atoms. The third-order valence-corrected chi connectivity index (χ3v) is 3.71. The highest BCUT2D eigenvalue weighted by Gasteiger charge is 2.12. The zero-order valence-corrected chi connectivity index (χ0v) is 13.1. The molecule has 0 atom stereocenters. The number of hydrogen-bond acceptors (Lipinski definition) is 4. The van der Waals surface area contributed by atoms with Gasteiger partial charge in [0.15, 0.2) is 12.0 Å². The van der Waals surface area contributed by atoms with Crippen LogP contribution in [0.25, 0.3) is 11.1 Å². The highest BCUT2D eigenvalue weighted by Crippen LogP contribution is 2.28. The highest BCUT2D eigenvalue weighted by atomic mass is 16.2. The number of aromatic nitrogens is 2. The van der Waals surface area contributed by atoms with Crippen molar-refractivity contribution in [3.05, 3.63) is 77.6 Å². The predicted octanol–water partition coefficient (Wildman–Crippen LogP) is 3.52. The molecular formula is C19H15N3O2. The number of carbonyl (C=O) groups is 2. The summed E-state index contributed by atoms with van der Waals surface area (Å²) in [4.78, 5) is 22.9. The van der Waals surface area contributed by atoms with Crippen molar-refractivity contribution in [1.29, 1.82) is 0 Å². The van der Waals surface area contributed by atoms with E-state index in [4.69, 9.17) is 0 Å². The van der Waals surface area contributed by atoms with Crippen molar-refractivity contribution in [2.45, 2.75) is 6.92 Å². The third kappa shape index (κ3) is 3.20. The molecule has 0 aliphatic rings. The van der Waals surface area contributed by atoms with Gasteiger partial charge in [0.2, 0.25) is 0 Å². The normalized spacial score (nSPS) is 10.2. The van der Waals surface area contributed by atoms with Gasteiger partial charge in [0.1, 0.15) is 5.69 Å². The van der Waals surface area contributed by atoms with E-state index in [9.17, 15) is 9.59 Å². The molecule has 5 heteroatoms. The standard InChI is InChI=1S/C19H15N3O2/c1-13-16(14-6-3-2-4-7-14)8-5-9-17(13)20-19(24)18-11-10-15(12-23)21-22-18/h2-12H,1H3,(H,20,24). The maximum Gasteiger partial charge on any atom is 0.276 e. The van der Waals surface area contributed by atoms with Gasteiger partial charge in [0.25, 0.3) is 5.91 Å². The highest BCUT2D eigenvalue weighted by molar-refractivity contribution is 6.03. The Bertz CT molecular complexity index is 875. The molecule has 3 aromatic rings. The second-order valence-electron chi connectivity index (χ2n) is 5.26. The second kappa shape index (κ2) is 6.83. The molecule has 0 unspecified atom stereocenters. The van der Waals surface area contributed by atoms with Crippen LogP contribution in [0.3, 0.4) is 0 Å². The average molecular weight is 317 g/mol. The van der Waals surface area contributed by atoms with Crippen molar-refractivity contribution < 1.29 is 9.59 Å². The fraction of sp³-hybridized carbons (Fsp3) is 0.0526. The maximum absolute atomic E-state index is 12.3. The zero-order chi connectivity index (χ0) is 16.9. The topological polar surface area (TPSA) is 72.0 Å². The molecule has 2 aromatic carbocycles. The van der Waals surface area contributed by atoms with Gasteiger partial charge < -0.3 is 5.32 Å². The van der Waals surface area contributed by atoms with Crippen molar-refractivity contribution in [3.8, 4) is 11.1 Å². The van der Waals surface area contributed by atoms with Gasteiger partial charge in [-0.15, -0.1) is 10.2 Å². The SMILES string of the molecule is Cc1c(NC(=O)c2ccc(C=O)nn2)cccc1-c1ccccc1. The Hall–Kier alpha value is -3.34. The summed E-state index contributed by atoms with van der Waals surface area (Å²) in [5.74, 6) is -0.367. The smallest absolute Gasteiger partial charge is 0.276 e. The average Bonchev–Trinajstić information content (AvgIpc) is 2.64. The van der Waals surface area contributed by atoms with E-state index < -0.39 is 0 Å². The number of carbonyl (C=O) groups excluding carboxylic acids is 2. The molecule has 1 amide bonds. The minimum Gasteiger partial charge on any atom is -0.320 e. The Labute approximate surface area is 139 Å². The van der Waals surface area contributed by atoms with Crippen LogP contribution in [-0.4, -0.2) is 22.4 Å². The minimum absolute atomic E-state index is 0.158. The zero-order valence-electron chi connectivity index (χ0n) is 13.1. The first-order valence-corrected chi connectivity index (χ1v) is 7.44. The van der Waals surface area contributed by atoms with Crippen molar-refractivity contribution in [3.63, 3.8) is 0 Å². The van der Waals surface area contributed by atoms with Gasteiger partial charge >= 0.3 is 0 Å². The van der Waals surface area contributed by atoms with Gasteiger partial charge in [0, 0.05) is 5.69 Å². The Morgan fingerprint density at radius 2 is 1.75 bits per heavy atom. The summed E-state index contributed by atoms with van der Waals surface area (Å²) in [6.07, 6.45) is 0.585. The lowest BCUT2D eigenvalue weighted by Gasteiger charge is -2.12. The van der Waals surface area contributed by atoms with Crippen molar-refractivity contribution in [1.82, 2.24) is 10.2 Å². The van der Waals surface area contributed by atoms with E-state index in [1.165, 1.54) is 12.1 Å². The molecule has 1 N–H and O–H groups in total. The molecule has 118 valence electrons. The van der Waals surface area contributed by atoms with E-state index >= 15 is 0 Å². The lowest BCUT2D eigenvalue weighted by molar-refractivity contribution is 0.101. The predicted molar refractivity (Wildman–Crippen MR) is 92.0 cm³/mol. The molecule has 1 heterocycles. The van der Waals surface area contributed by atoms with E-state index in [2.05, 4.69) is 15.5 Å². The summed E-state index contributed by atoms with van der Waals surface area (Å²) in [5.41, 5.74) is 4.16. The number of nitrogens with one attached hydrogen (secondary N) is 1. The van der Waals surface area contributed by atoms with Gasteiger partial charge in [-0.05, 0) is 41.8 Å². The van der Waals surface area contributed by atoms with Crippen LogP contribution < -0.4 is 5.32 Å². The molecule has 0 radical (unpaired) electrons. The molecule has 24 heavy (non-hydrogen) atoms. The number of hydrogen-bond donors (Lipinski definition) is 1. The number of nitrogens with zero attached hydrogens (tertiary/aromatic N) is 2. The Kier molecular flexibility index (Phi) is 4.43. The summed E-state index contributed by atoms with van der Waals surface area (Å²) < 4.78 is 0. The van der Waals surface area contributed by atoms with Gasteiger partial charge in [-0.25, -0.2) is 0 Å². The van der Waals surface area contributed by atoms with Crippen LogP contribution in [0.1, 0.15) is 26.5 Å². The molecule has 0 fully saturated rings. The minimum atomic E-state index is -0.367. The van der Waals surface area contributed by atoms with E-state index in [1.54, 1.807) is 0 Å². The molecule has 3 rings (SSSR count). The van der Waals surface area contributed by atoms with Gasteiger partial charge in [-0.2, -0.15) is 0 Å². The number of rotatable bonds is 4. The third-order valence-electron chi connectivity index (χ3n) is 3.71. The monoisotopic (exact) mass is 317 g/mol. The van der Waals surface area contributed by atoms with Crippen LogP contribution in [0.5, 0.6) is 0 Å². The molecule has 0 spiro atoms. The first-order valence-electron chi connectivity index (χ1n) is 7.44. The molecule has 5 nitrogen and oxygen atoms in total. The van der Waals surface area contributed by atoms with Crippen molar-refractivity contribution >= 4 is 17.9 Å². The summed E-state index contributed by atoms with van der Waals surface area (Å²) in [7, 11) is 0. The van der Waals surface area contributed by atoms with E-state index in [0.717, 1.165) is 16.7 Å². The first kappa shape index (κ1) is 15.6. The van der Waals surface area contributed by atoms with E-state index in [-0.39, 0.29) is 17.3 Å². The van der Waals surface area contributed by atoms with Crippen LogP contribution in [0.15, 0.2) is 60.7 Å². The van der Waals surface area contributed by atoms with Crippen LogP contribution >= 0.6 is 0 Å². The number of aldehydes is 1. The number of benzene rings is 2. The first-order chi connectivity index (χ1) is 11.7. The summed E-state index contributed by atoms with van der Waals surface area (Å²) >= 11 is 0. The van der Waals surface area contributed by atoms with E-state index in [1.807, 2.05) is 55.5 Å². The largest absolute Gasteiger partial charge is 0.320 e. The second-order valence-corrected chi connectivity index (χ2v) is 5.26. The van der Waals surface area contributed by atoms with Crippen molar-refractivity contribution in [2.75, 3.05) is 5.32 Å². The van der Waals surface area contributed by atoms with Gasteiger partial charge in [-0.3, -0.25) is 9.59 Å². The number of amides is 1. The van der Waals surface area contributed by atoms with Crippen LogP contribution in [-0.2, 0) is 0 Å². The van der Waals surface area contributed by atoms with Gasteiger partial charge in [0.05, 0.1) is 0 Å². The summed E-state index contributed by atoms with van der Waals surface area (Å²) in [6, 6.07) is 18.7. The fourth-order valence-electron chi connectivity index (χ4n) is 2.41. The quantitative estimate of drug-likeness (QED) is 0.747. The maximum atomic E-state index is 12.3.